The molecule has 0 aromatic carbocycles. The zero-order valence-electron chi connectivity index (χ0n) is 13.9. The van der Waals surface area contributed by atoms with Crippen LogP contribution >= 0.6 is 27.3 Å². The zero-order chi connectivity index (χ0) is 16.7. The van der Waals surface area contributed by atoms with E-state index in [-0.39, 0.29) is 0 Å². The van der Waals surface area contributed by atoms with Crippen molar-refractivity contribution in [1.82, 2.24) is 20.4 Å². The first kappa shape index (κ1) is 18.0. The Kier molecular flexibility index (Phi) is 7.11. The van der Waals surface area contributed by atoms with Gasteiger partial charge in [-0.15, -0.1) is 11.3 Å². The number of aryl methyl sites for hydroxylation is 3. The van der Waals surface area contributed by atoms with Crippen molar-refractivity contribution in [2.24, 2.45) is 4.99 Å². The SMILES string of the molecule is CCNC(=NCc1ccc(Br)s1)NCCCn1nc(C)cc1C. The van der Waals surface area contributed by atoms with Crippen LogP contribution in [0.2, 0.25) is 0 Å². The number of hydrogen-bond donors (Lipinski definition) is 2. The van der Waals surface area contributed by atoms with Crippen LogP contribution in [-0.2, 0) is 13.1 Å². The second-order valence-corrected chi connectivity index (χ2v) is 7.88. The number of aliphatic imine (C=N–C) groups is 1. The maximum absolute atomic E-state index is 4.62. The minimum atomic E-state index is 0.697. The van der Waals surface area contributed by atoms with Crippen LogP contribution in [-0.4, -0.2) is 28.8 Å². The van der Waals surface area contributed by atoms with E-state index in [1.165, 1.54) is 10.6 Å². The molecule has 0 aliphatic rings. The van der Waals surface area contributed by atoms with Crippen molar-refractivity contribution in [3.8, 4) is 0 Å². The largest absolute Gasteiger partial charge is 0.357 e. The van der Waals surface area contributed by atoms with Gasteiger partial charge in [-0.3, -0.25) is 4.68 Å². The fourth-order valence-electron chi connectivity index (χ4n) is 2.27. The predicted octanol–water partition coefficient (Wildman–Crippen LogP) is 3.47. The highest BCUT2D eigenvalue weighted by Gasteiger charge is 2.02. The lowest BCUT2D eigenvalue weighted by atomic mass is 10.4. The van der Waals surface area contributed by atoms with Crippen LogP contribution in [0.4, 0.5) is 0 Å². The van der Waals surface area contributed by atoms with Crippen LogP contribution in [0.1, 0.15) is 29.6 Å². The molecule has 0 aliphatic carbocycles. The van der Waals surface area contributed by atoms with Crippen molar-refractivity contribution in [2.45, 2.75) is 40.3 Å². The van der Waals surface area contributed by atoms with Gasteiger partial charge in [-0.2, -0.15) is 5.10 Å². The van der Waals surface area contributed by atoms with Crippen LogP contribution in [0.5, 0.6) is 0 Å². The average Bonchev–Trinajstić information content (AvgIpc) is 3.06. The summed E-state index contributed by atoms with van der Waals surface area (Å²) in [4.78, 5) is 5.87. The van der Waals surface area contributed by atoms with Gasteiger partial charge in [-0.25, -0.2) is 4.99 Å². The van der Waals surface area contributed by atoms with Gasteiger partial charge in [-0.05, 0) is 61.3 Å². The number of halogens is 1. The van der Waals surface area contributed by atoms with Crippen LogP contribution < -0.4 is 10.6 Å². The molecule has 23 heavy (non-hydrogen) atoms. The Morgan fingerprint density at radius 2 is 2.17 bits per heavy atom. The summed E-state index contributed by atoms with van der Waals surface area (Å²) >= 11 is 5.20. The molecule has 0 saturated heterocycles. The van der Waals surface area contributed by atoms with Crippen molar-refractivity contribution in [3.05, 3.63) is 38.3 Å². The first-order valence-electron chi connectivity index (χ1n) is 7.86. The maximum atomic E-state index is 4.62. The Morgan fingerprint density at radius 1 is 1.35 bits per heavy atom. The summed E-state index contributed by atoms with van der Waals surface area (Å²) in [5.74, 6) is 0.866. The van der Waals surface area contributed by atoms with Crippen molar-refractivity contribution in [1.29, 1.82) is 0 Å². The second kappa shape index (κ2) is 9.08. The molecule has 2 rings (SSSR count). The second-order valence-electron chi connectivity index (χ2n) is 5.33. The fraction of sp³-hybridized carbons (Fsp3) is 0.500. The third-order valence-electron chi connectivity index (χ3n) is 3.31. The first-order valence-corrected chi connectivity index (χ1v) is 9.47. The third kappa shape index (κ3) is 5.99. The first-order chi connectivity index (χ1) is 11.1. The van der Waals surface area contributed by atoms with Crippen LogP contribution in [0.15, 0.2) is 27.0 Å². The molecule has 0 unspecified atom stereocenters. The Morgan fingerprint density at radius 3 is 2.78 bits per heavy atom. The molecule has 0 aliphatic heterocycles. The van der Waals surface area contributed by atoms with Gasteiger partial charge >= 0.3 is 0 Å². The summed E-state index contributed by atoms with van der Waals surface area (Å²) in [5, 5.41) is 11.1. The van der Waals surface area contributed by atoms with E-state index in [4.69, 9.17) is 0 Å². The number of nitrogens with one attached hydrogen (secondary N) is 2. The van der Waals surface area contributed by atoms with Crippen molar-refractivity contribution in [2.75, 3.05) is 13.1 Å². The minimum absolute atomic E-state index is 0.697. The Balaban J connectivity index is 1.78. The molecule has 2 N–H and O–H groups in total. The van der Waals surface area contributed by atoms with Gasteiger partial charge in [0.15, 0.2) is 5.96 Å². The molecule has 0 saturated carbocycles. The van der Waals surface area contributed by atoms with Gasteiger partial charge in [-0.1, -0.05) is 0 Å². The molecule has 2 aromatic rings. The molecule has 0 fully saturated rings. The van der Waals surface area contributed by atoms with Gasteiger partial charge in [0.25, 0.3) is 0 Å². The Bertz CT molecular complexity index is 647. The van der Waals surface area contributed by atoms with Crippen molar-refractivity contribution < 1.29 is 0 Å². The van der Waals surface area contributed by atoms with E-state index in [9.17, 15) is 0 Å². The number of thiophene rings is 1. The van der Waals surface area contributed by atoms with Crippen molar-refractivity contribution in [3.63, 3.8) is 0 Å². The molecule has 0 atom stereocenters. The standard InChI is InChI=1S/C16H24BrN5S/c1-4-18-16(20-11-14-6-7-15(17)23-14)19-8-5-9-22-13(3)10-12(2)21-22/h6-7,10H,4-5,8-9,11H2,1-3H3,(H2,18,19,20). The van der Waals surface area contributed by atoms with E-state index in [1.807, 2.05) is 6.92 Å². The summed E-state index contributed by atoms with van der Waals surface area (Å²) in [6, 6.07) is 6.27. The monoisotopic (exact) mass is 397 g/mol. The van der Waals surface area contributed by atoms with E-state index in [1.54, 1.807) is 11.3 Å². The predicted molar refractivity (Wildman–Crippen MR) is 101 cm³/mol. The molecule has 2 heterocycles. The lowest BCUT2D eigenvalue weighted by molar-refractivity contribution is 0.555. The number of rotatable bonds is 7. The number of aromatic nitrogens is 2. The van der Waals surface area contributed by atoms with Gasteiger partial charge in [0, 0.05) is 30.2 Å². The van der Waals surface area contributed by atoms with Gasteiger partial charge in [0.1, 0.15) is 0 Å². The summed E-state index contributed by atoms with van der Waals surface area (Å²) < 4.78 is 3.20. The summed E-state index contributed by atoms with van der Waals surface area (Å²) in [5.41, 5.74) is 2.29. The molecule has 0 bridgehead atoms. The molecule has 0 spiro atoms. The summed E-state index contributed by atoms with van der Waals surface area (Å²) in [6.07, 6.45) is 1.01. The summed E-state index contributed by atoms with van der Waals surface area (Å²) in [6.45, 7) is 9.55. The lowest BCUT2D eigenvalue weighted by Crippen LogP contribution is -2.38. The van der Waals surface area contributed by atoms with Gasteiger partial charge in [0.05, 0.1) is 16.0 Å². The number of hydrogen-bond acceptors (Lipinski definition) is 3. The average molecular weight is 398 g/mol. The van der Waals surface area contributed by atoms with Crippen LogP contribution in [0.25, 0.3) is 0 Å². The summed E-state index contributed by atoms with van der Waals surface area (Å²) in [7, 11) is 0. The molecule has 0 amide bonds. The Labute approximate surface area is 150 Å². The Hall–Kier alpha value is -1.34. The number of guanidine groups is 1. The fourth-order valence-corrected chi connectivity index (χ4v) is 3.68. The van der Waals surface area contributed by atoms with Crippen molar-refractivity contribution >= 4 is 33.2 Å². The maximum Gasteiger partial charge on any atom is 0.191 e. The molecular weight excluding hydrogens is 374 g/mol. The minimum Gasteiger partial charge on any atom is -0.357 e. The van der Waals surface area contributed by atoms with E-state index < -0.39 is 0 Å². The van der Waals surface area contributed by atoms with Gasteiger partial charge in [0.2, 0.25) is 0 Å². The molecule has 7 heteroatoms. The zero-order valence-corrected chi connectivity index (χ0v) is 16.3. The molecule has 0 radical (unpaired) electrons. The van der Waals surface area contributed by atoms with Crippen LogP contribution in [0, 0.1) is 13.8 Å². The van der Waals surface area contributed by atoms with E-state index >= 15 is 0 Å². The number of nitrogens with zero attached hydrogens (tertiary/aromatic N) is 3. The molecule has 5 nitrogen and oxygen atoms in total. The quantitative estimate of drug-likeness (QED) is 0.427. The van der Waals surface area contributed by atoms with E-state index in [2.05, 4.69) is 73.4 Å². The molecular formula is C16H24BrN5S. The molecule has 2 aromatic heterocycles. The topological polar surface area (TPSA) is 54.2 Å². The van der Waals surface area contributed by atoms with Crippen LogP contribution in [0.3, 0.4) is 0 Å². The van der Waals surface area contributed by atoms with E-state index in [0.29, 0.717) is 6.54 Å². The normalized spacial score (nSPS) is 11.7. The molecule has 126 valence electrons. The van der Waals surface area contributed by atoms with E-state index in [0.717, 1.165) is 41.5 Å². The van der Waals surface area contributed by atoms with Gasteiger partial charge < -0.3 is 10.6 Å². The smallest absolute Gasteiger partial charge is 0.191 e. The third-order valence-corrected chi connectivity index (χ3v) is 4.92. The highest BCUT2D eigenvalue weighted by atomic mass is 79.9. The highest BCUT2D eigenvalue weighted by Crippen LogP contribution is 2.22. The highest BCUT2D eigenvalue weighted by molar-refractivity contribution is 9.11. The lowest BCUT2D eigenvalue weighted by Gasteiger charge is -2.11.